The largest absolute Gasteiger partial charge is 0.309 e. The van der Waals surface area contributed by atoms with Crippen LogP contribution in [-0.4, -0.2) is 0 Å². The Balaban J connectivity index is 1.26. The predicted molar refractivity (Wildman–Crippen MR) is 232 cm³/mol. The van der Waals surface area contributed by atoms with E-state index in [4.69, 9.17) is 0 Å². The van der Waals surface area contributed by atoms with Crippen molar-refractivity contribution in [2.24, 2.45) is 0 Å². The molecule has 0 amide bonds. The van der Waals surface area contributed by atoms with Crippen LogP contribution in [0.2, 0.25) is 0 Å². The summed E-state index contributed by atoms with van der Waals surface area (Å²) >= 11 is 0. The summed E-state index contributed by atoms with van der Waals surface area (Å²) in [6, 6.07) is 55.9. The monoisotopic (exact) mass is 692 g/mol. The minimum Gasteiger partial charge on any atom is -0.309 e. The zero-order valence-corrected chi connectivity index (χ0v) is 30.8. The van der Waals surface area contributed by atoms with Crippen molar-refractivity contribution < 1.29 is 0 Å². The van der Waals surface area contributed by atoms with Crippen molar-refractivity contribution in [1.29, 1.82) is 0 Å². The first-order valence-corrected chi connectivity index (χ1v) is 18.9. The normalized spacial score (nSPS) is 13.2. The molecule has 2 heteroatoms. The van der Waals surface area contributed by atoms with Crippen LogP contribution in [-0.2, 0) is 6.42 Å². The van der Waals surface area contributed by atoms with Crippen LogP contribution in [0.3, 0.4) is 0 Å². The van der Waals surface area contributed by atoms with Gasteiger partial charge in [0.2, 0.25) is 0 Å². The summed E-state index contributed by atoms with van der Waals surface area (Å²) in [6.45, 7) is 6.59. The third-order valence-electron chi connectivity index (χ3n) is 11.3. The van der Waals surface area contributed by atoms with Crippen LogP contribution in [0, 0.1) is 20.8 Å². The van der Waals surface area contributed by atoms with Crippen LogP contribution in [0.5, 0.6) is 0 Å². The van der Waals surface area contributed by atoms with Gasteiger partial charge in [0.25, 0.3) is 0 Å². The average molecular weight is 693 g/mol. The molecule has 0 aromatic heterocycles. The Kier molecular flexibility index (Phi) is 7.59. The van der Waals surface area contributed by atoms with Crippen molar-refractivity contribution in [3.8, 4) is 0 Å². The van der Waals surface area contributed by atoms with Crippen LogP contribution in [0.1, 0.15) is 33.4 Å². The van der Waals surface area contributed by atoms with Crippen molar-refractivity contribution in [1.82, 2.24) is 0 Å². The van der Waals surface area contributed by atoms with Gasteiger partial charge in [0.1, 0.15) is 0 Å². The zero-order chi connectivity index (χ0) is 36.3. The van der Waals surface area contributed by atoms with E-state index in [0.717, 1.165) is 17.8 Å². The third-order valence-corrected chi connectivity index (χ3v) is 11.3. The summed E-state index contributed by atoms with van der Waals surface area (Å²) in [5, 5.41) is 7.54. The SMILES string of the molecule is Cc1ccc(N(C2=CC=C3C=Cc4c(N(c5ccc(C)cc5)c5cccc6ccccc56)cc(C)c5ccc2c(c45)C3)c2cccc3ccccc23)cc1. The Bertz CT molecular complexity index is 2860. The number of rotatable bonds is 6. The number of fused-ring (bicyclic) bond motifs is 3. The summed E-state index contributed by atoms with van der Waals surface area (Å²) in [6.07, 6.45) is 10.3. The van der Waals surface area contributed by atoms with Crippen LogP contribution in [0.4, 0.5) is 28.4 Å². The van der Waals surface area contributed by atoms with Gasteiger partial charge in [0.15, 0.2) is 0 Å². The molecule has 2 nitrogen and oxygen atoms in total. The van der Waals surface area contributed by atoms with Crippen LogP contribution in [0.25, 0.3) is 44.1 Å². The fourth-order valence-electron chi connectivity index (χ4n) is 8.60. The molecule has 2 aliphatic rings. The van der Waals surface area contributed by atoms with Gasteiger partial charge in [-0.2, -0.15) is 0 Å². The van der Waals surface area contributed by atoms with Crippen LogP contribution < -0.4 is 9.80 Å². The number of hydrogen-bond acceptors (Lipinski definition) is 2. The fourth-order valence-corrected chi connectivity index (χ4v) is 8.60. The Morgan fingerprint density at radius 2 is 1.04 bits per heavy atom. The van der Waals surface area contributed by atoms with Gasteiger partial charge < -0.3 is 9.80 Å². The number of nitrogens with zero attached hydrogens (tertiary/aromatic N) is 2. The molecule has 0 radical (unpaired) electrons. The van der Waals surface area contributed by atoms with E-state index in [1.165, 1.54) is 94.0 Å². The van der Waals surface area contributed by atoms with Gasteiger partial charge in [0, 0.05) is 33.3 Å². The van der Waals surface area contributed by atoms with Gasteiger partial charge >= 0.3 is 0 Å². The molecule has 2 aliphatic carbocycles. The smallest absolute Gasteiger partial charge is 0.0543 e. The summed E-state index contributed by atoms with van der Waals surface area (Å²) in [7, 11) is 0. The molecular formula is C52H40N2. The molecule has 0 aliphatic heterocycles. The lowest BCUT2D eigenvalue weighted by Gasteiger charge is -2.32. The van der Waals surface area contributed by atoms with E-state index in [1.807, 2.05) is 0 Å². The maximum absolute atomic E-state index is 2.48. The Morgan fingerprint density at radius 1 is 0.463 bits per heavy atom. The van der Waals surface area contributed by atoms with Gasteiger partial charge in [-0.1, -0.05) is 139 Å². The Hall–Kier alpha value is -6.64. The fraction of sp³-hybridized carbons (Fsp3) is 0.0769. The second-order valence-corrected chi connectivity index (χ2v) is 14.8. The van der Waals surface area contributed by atoms with E-state index in [1.54, 1.807) is 0 Å². The van der Waals surface area contributed by atoms with E-state index in [0.29, 0.717) is 0 Å². The molecule has 2 bridgehead atoms. The molecule has 258 valence electrons. The average Bonchev–Trinajstić information content (AvgIpc) is 3.51. The minimum absolute atomic E-state index is 0.856. The summed E-state index contributed by atoms with van der Waals surface area (Å²) in [5.74, 6) is 0. The van der Waals surface area contributed by atoms with Gasteiger partial charge in [-0.3, -0.25) is 0 Å². The Morgan fingerprint density at radius 3 is 1.69 bits per heavy atom. The number of anilines is 5. The molecular weight excluding hydrogens is 653 g/mol. The summed E-state index contributed by atoms with van der Waals surface area (Å²) in [5.41, 5.74) is 15.9. The molecule has 0 saturated carbocycles. The second kappa shape index (κ2) is 12.8. The van der Waals surface area contributed by atoms with Crippen LogP contribution >= 0.6 is 0 Å². The zero-order valence-electron chi connectivity index (χ0n) is 30.8. The quantitative estimate of drug-likeness (QED) is 0.171. The lowest BCUT2D eigenvalue weighted by Crippen LogP contribution is -2.17. The molecule has 0 N–H and O–H groups in total. The van der Waals surface area contributed by atoms with Gasteiger partial charge in [-0.15, -0.1) is 0 Å². The van der Waals surface area contributed by atoms with Crippen molar-refractivity contribution in [3.63, 3.8) is 0 Å². The molecule has 54 heavy (non-hydrogen) atoms. The number of hydrogen-bond donors (Lipinski definition) is 0. The predicted octanol–water partition coefficient (Wildman–Crippen LogP) is 14.2. The maximum Gasteiger partial charge on any atom is 0.0543 e. The highest BCUT2D eigenvalue weighted by Crippen LogP contribution is 2.49. The van der Waals surface area contributed by atoms with E-state index in [9.17, 15) is 0 Å². The van der Waals surface area contributed by atoms with Crippen molar-refractivity contribution >= 4 is 72.5 Å². The van der Waals surface area contributed by atoms with E-state index >= 15 is 0 Å². The van der Waals surface area contributed by atoms with Crippen LogP contribution in [0.15, 0.2) is 175 Å². The van der Waals surface area contributed by atoms with E-state index < -0.39 is 0 Å². The number of benzene rings is 8. The number of allylic oxidation sites excluding steroid dienone is 4. The first-order valence-electron chi connectivity index (χ1n) is 18.9. The maximum atomic E-state index is 2.48. The highest BCUT2D eigenvalue weighted by Gasteiger charge is 2.28. The highest BCUT2D eigenvalue weighted by atomic mass is 15.2. The van der Waals surface area contributed by atoms with E-state index in [2.05, 4.69) is 207 Å². The van der Waals surface area contributed by atoms with Gasteiger partial charge in [-0.25, -0.2) is 0 Å². The second-order valence-electron chi connectivity index (χ2n) is 14.8. The van der Waals surface area contributed by atoms with Crippen molar-refractivity contribution in [2.75, 3.05) is 9.80 Å². The molecule has 10 rings (SSSR count). The van der Waals surface area contributed by atoms with Gasteiger partial charge in [-0.05, 0) is 114 Å². The minimum atomic E-state index is 0.856. The molecule has 0 fully saturated rings. The first kappa shape index (κ1) is 32.0. The van der Waals surface area contributed by atoms with E-state index in [-0.39, 0.29) is 0 Å². The Labute approximate surface area is 317 Å². The van der Waals surface area contributed by atoms with Gasteiger partial charge in [0.05, 0.1) is 22.8 Å². The molecule has 8 aromatic rings. The first-order chi connectivity index (χ1) is 26.5. The molecule has 0 unspecified atom stereocenters. The number of aryl methyl sites for hydroxylation is 3. The topological polar surface area (TPSA) is 6.48 Å². The molecule has 0 heterocycles. The molecule has 0 saturated heterocycles. The van der Waals surface area contributed by atoms with Crippen molar-refractivity contribution in [3.05, 3.63) is 209 Å². The summed E-state index contributed by atoms with van der Waals surface area (Å²) < 4.78 is 0. The highest BCUT2D eigenvalue weighted by molar-refractivity contribution is 6.09. The molecule has 0 spiro atoms. The standard InChI is InChI=1S/C52H40N2/c1-34-18-24-40(25-19-34)53(48-16-8-12-38-10-4-6-14-43(38)48)50-31-23-37-22-28-46-51(32-36(3)42-29-30-45(50)47(33-37)52(42)46)54(41-26-20-35(2)21-27-41)49-17-9-13-39-11-5-7-15-44(39)49/h4-32H,33H2,1-3H3. The lowest BCUT2D eigenvalue weighted by atomic mass is 9.88. The third kappa shape index (κ3) is 5.25. The lowest BCUT2D eigenvalue weighted by molar-refractivity contribution is 1.21. The molecule has 0 atom stereocenters. The molecule has 8 aromatic carbocycles. The van der Waals surface area contributed by atoms with Crippen molar-refractivity contribution in [2.45, 2.75) is 27.2 Å². The summed E-state index contributed by atoms with van der Waals surface area (Å²) in [4.78, 5) is 4.96.